The molecule has 0 aliphatic heterocycles. The van der Waals surface area contributed by atoms with Crippen molar-refractivity contribution in [2.75, 3.05) is 7.11 Å². The van der Waals surface area contributed by atoms with Crippen LogP contribution >= 0.6 is 11.6 Å². The first-order valence-electron chi connectivity index (χ1n) is 6.91. The molecule has 2 aromatic carbocycles. The third-order valence-electron chi connectivity index (χ3n) is 3.14. The summed E-state index contributed by atoms with van der Waals surface area (Å²) in [7, 11) is 1.59. The van der Waals surface area contributed by atoms with Crippen LogP contribution in [0.2, 0.25) is 5.02 Å². The van der Waals surface area contributed by atoms with Gasteiger partial charge in [-0.15, -0.1) is 0 Å². The minimum atomic E-state index is -0.428. The second-order valence-electron chi connectivity index (χ2n) is 4.76. The Morgan fingerprint density at radius 1 is 1.30 bits per heavy atom. The van der Waals surface area contributed by atoms with Crippen LogP contribution in [-0.4, -0.2) is 13.0 Å². The molecular formula is C18H15ClN2O2. The highest BCUT2D eigenvalue weighted by atomic mass is 35.5. The maximum absolute atomic E-state index is 12.1. The number of halogens is 1. The summed E-state index contributed by atoms with van der Waals surface area (Å²) in [5.74, 6) is 0.321. The van der Waals surface area contributed by atoms with Crippen LogP contribution in [0.5, 0.6) is 5.75 Å². The quantitative estimate of drug-likeness (QED) is 0.675. The molecule has 0 radical (unpaired) electrons. The minimum absolute atomic E-state index is 0.0285. The van der Waals surface area contributed by atoms with Crippen molar-refractivity contribution in [2.24, 2.45) is 0 Å². The smallest absolute Gasteiger partial charge is 0.262 e. The van der Waals surface area contributed by atoms with E-state index in [-0.39, 0.29) is 5.57 Å². The summed E-state index contributed by atoms with van der Waals surface area (Å²) in [5.41, 5.74) is 1.65. The molecule has 0 heterocycles. The van der Waals surface area contributed by atoms with Crippen molar-refractivity contribution in [2.45, 2.75) is 6.54 Å². The Balaban J connectivity index is 2.04. The van der Waals surface area contributed by atoms with Crippen LogP contribution in [0.15, 0.2) is 54.1 Å². The Morgan fingerprint density at radius 2 is 2.04 bits per heavy atom. The molecule has 0 aliphatic carbocycles. The minimum Gasteiger partial charge on any atom is -0.497 e. The van der Waals surface area contributed by atoms with E-state index in [4.69, 9.17) is 21.6 Å². The Bertz CT molecular complexity index is 761. The van der Waals surface area contributed by atoms with Crippen LogP contribution in [-0.2, 0) is 11.3 Å². The molecule has 0 fully saturated rings. The molecule has 0 unspecified atom stereocenters. The van der Waals surface area contributed by atoms with E-state index in [0.29, 0.717) is 17.1 Å². The van der Waals surface area contributed by atoms with Gasteiger partial charge in [0.05, 0.1) is 7.11 Å². The van der Waals surface area contributed by atoms with Gasteiger partial charge in [-0.05, 0) is 41.5 Å². The number of carbonyl (C=O) groups is 1. The van der Waals surface area contributed by atoms with Crippen molar-refractivity contribution in [3.05, 3.63) is 70.3 Å². The lowest BCUT2D eigenvalue weighted by atomic mass is 10.1. The van der Waals surface area contributed by atoms with Gasteiger partial charge in [0.1, 0.15) is 17.4 Å². The maximum Gasteiger partial charge on any atom is 0.262 e. The van der Waals surface area contributed by atoms with E-state index >= 15 is 0 Å². The lowest BCUT2D eigenvalue weighted by Crippen LogP contribution is -2.23. The molecule has 1 N–H and O–H groups in total. The zero-order valence-electron chi connectivity index (χ0n) is 12.5. The van der Waals surface area contributed by atoms with E-state index in [1.807, 2.05) is 30.3 Å². The number of hydrogen-bond acceptors (Lipinski definition) is 3. The number of nitrogens with one attached hydrogen (secondary N) is 1. The van der Waals surface area contributed by atoms with Crippen LogP contribution in [0.1, 0.15) is 11.1 Å². The molecule has 5 heteroatoms. The van der Waals surface area contributed by atoms with Gasteiger partial charge in [-0.3, -0.25) is 4.79 Å². The van der Waals surface area contributed by atoms with Crippen LogP contribution < -0.4 is 10.1 Å². The van der Waals surface area contributed by atoms with Crippen LogP contribution in [0, 0.1) is 11.3 Å². The Hall–Kier alpha value is -2.77. The number of amides is 1. The molecule has 0 atom stereocenters. The van der Waals surface area contributed by atoms with Crippen molar-refractivity contribution in [1.82, 2.24) is 5.32 Å². The third kappa shape index (κ3) is 4.87. The van der Waals surface area contributed by atoms with E-state index in [2.05, 4.69) is 5.32 Å². The SMILES string of the molecule is COc1ccc(CNC(=O)/C(C#N)=C\c2cccc(Cl)c2)cc1. The Kier molecular flexibility index (Phi) is 5.79. The predicted molar refractivity (Wildman–Crippen MR) is 89.9 cm³/mol. The number of nitriles is 1. The second-order valence-corrected chi connectivity index (χ2v) is 5.19. The standard InChI is InChI=1S/C18H15ClN2O2/c1-23-17-7-5-13(6-8-17)12-21-18(22)15(11-20)9-14-3-2-4-16(19)10-14/h2-10H,12H2,1H3,(H,21,22)/b15-9-. The van der Waals surface area contributed by atoms with E-state index in [0.717, 1.165) is 11.3 Å². The largest absolute Gasteiger partial charge is 0.497 e. The molecule has 0 saturated carbocycles. The molecule has 23 heavy (non-hydrogen) atoms. The molecule has 1 amide bonds. The molecule has 2 aromatic rings. The van der Waals surface area contributed by atoms with Gasteiger partial charge in [0.2, 0.25) is 0 Å². The fourth-order valence-electron chi connectivity index (χ4n) is 1.93. The first-order valence-corrected chi connectivity index (χ1v) is 7.28. The van der Waals surface area contributed by atoms with E-state index in [9.17, 15) is 4.79 Å². The van der Waals surface area contributed by atoms with Gasteiger partial charge >= 0.3 is 0 Å². The number of hydrogen-bond donors (Lipinski definition) is 1. The van der Waals surface area contributed by atoms with E-state index in [1.54, 1.807) is 31.4 Å². The highest BCUT2D eigenvalue weighted by Crippen LogP contribution is 2.14. The monoisotopic (exact) mass is 326 g/mol. The summed E-state index contributed by atoms with van der Waals surface area (Å²) in [5, 5.41) is 12.4. The number of ether oxygens (including phenoxy) is 1. The van der Waals surface area contributed by atoms with Crippen molar-refractivity contribution < 1.29 is 9.53 Å². The van der Waals surface area contributed by atoms with Crippen molar-refractivity contribution >= 4 is 23.6 Å². The average molecular weight is 327 g/mol. The lowest BCUT2D eigenvalue weighted by molar-refractivity contribution is -0.117. The number of benzene rings is 2. The summed E-state index contributed by atoms with van der Waals surface area (Å²) in [6.07, 6.45) is 1.51. The molecule has 0 bridgehead atoms. The summed E-state index contributed by atoms with van der Waals surface area (Å²) < 4.78 is 5.08. The van der Waals surface area contributed by atoms with Crippen molar-refractivity contribution in [3.63, 3.8) is 0 Å². The number of methoxy groups -OCH3 is 1. The lowest BCUT2D eigenvalue weighted by Gasteiger charge is -2.06. The van der Waals surface area contributed by atoms with Gasteiger partial charge in [-0.25, -0.2) is 0 Å². The molecule has 0 saturated heterocycles. The molecule has 0 aliphatic rings. The van der Waals surface area contributed by atoms with Gasteiger partial charge in [0, 0.05) is 11.6 Å². The Labute approximate surface area is 140 Å². The normalized spacial score (nSPS) is 10.7. The average Bonchev–Trinajstić information content (AvgIpc) is 2.58. The summed E-state index contributed by atoms with van der Waals surface area (Å²) in [6, 6.07) is 16.2. The first-order chi connectivity index (χ1) is 11.1. The molecule has 116 valence electrons. The van der Waals surface area contributed by atoms with Crippen LogP contribution in [0.25, 0.3) is 6.08 Å². The molecule has 0 aromatic heterocycles. The molecule has 2 rings (SSSR count). The van der Waals surface area contributed by atoms with E-state index < -0.39 is 5.91 Å². The van der Waals surface area contributed by atoms with Gasteiger partial charge < -0.3 is 10.1 Å². The molecular weight excluding hydrogens is 312 g/mol. The highest BCUT2D eigenvalue weighted by Gasteiger charge is 2.09. The zero-order chi connectivity index (χ0) is 16.7. The van der Waals surface area contributed by atoms with Crippen molar-refractivity contribution in [1.29, 1.82) is 5.26 Å². The predicted octanol–water partition coefficient (Wildman–Crippen LogP) is 3.57. The van der Waals surface area contributed by atoms with Crippen LogP contribution in [0.4, 0.5) is 0 Å². The maximum atomic E-state index is 12.1. The van der Waals surface area contributed by atoms with E-state index in [1.165, 1.54) is 6.08 Å². The Morgan fingerprint density at radius 3 is 2.65 bits per heavy atom. The molecule has 0 spiro atoms. The van der Waals surface area contributed by atoms with Gasteiger partial charge in [0.25, 0.3) is 5.91 Å². The fourth-order valence-corrected chi connectivity index (χ4v) is 2.13. The van der Waals surface area contributed by atoms with Gasteiger partial charge in [-0.2, -0.15) is 5.26 Å². The third-order valence-corrected chi connectivity index (χ3v) is 3.37. The van der Waals surface area contributed by atoms with Crippen molar-refractivity contribution in [3.8, 4) is 11.8 Å². The van der Waals surface area contributed by atoms with Gasteiger partial charge in [-0.1, -0.05) is 35.9 Å². The first kappa shape index (κ1) is 16.6. The fraction of sp³-hybridized carbons (Fsp3) is 0.111. The molecule has 4 nitrogen and oxygen atoms in total. The zero-order valence-corrected chi connectivity index (χ0v) is 13.3. The number of carbonyl (C=O) groups excluding carboxylic acids is 1. The summed E-state index contributed by atoms with van der Waals surface area (Å²) in [6.45, 7) is 0.331. The topological polar surface area (TPSA) is 62.1 Å². The number of rotatable bonds is 5. The van der Waals surface area contributed by atoms with Crippen LogP contribution in [0.3, 0.4) is 0 Å². The highest BCUT2D eigenvalue weighted by molar-refractivity contribution is 6.30. The van der Waals surface area contributed by atoms with Gasteiger partial charge in [0.15, 0.2) is 0 Å². The summed E-state index contributed by atoms with van der Waals surface area (Å²) in [4.78, 5) is 12.1. The number of nitrogens with zero attached hydrogens (tertiary/aromatic N) is 1. The second kappa shape index (κ2) is 8.02. The summed E-state index contributed by atoms with van der Waals surface area (Å²) >= 11 is 5.89.